The standard InChI is InChI=1S/C18H18FNO3/c1-22-16-8-9-17-13(11-16)3-2-10-20(17)18(21)12-23-15-6-4-14(19)5-7-15/h4-9,11H,2-3,10,12H2,1H3. The van der Waals surface area contributed by atoms with Crippen LogP contribution in [0.15, 0.2) is 42.5 Å². The van der Waals surface area contributed by atoms with E-state index in [1.807, 2.05) is 18.2 Å². The van der Waals surface area contributed by atoms with Gasteiger partial charge in [0, 0.05) is 12.2 Å². The van der Waals surface area contributed by atoms with E-state index in [1.54, 1.807) is 12.0 Å². The molecule has 0 atom stereocenters. The van der Waals surface area contributed by atoms with Gasteiger partial charge in [-0.05, 0) is 60.9 Å². The fraction of sp³-hybridized carbons (Fsp3) is 0.278. The Hall–Kier alpha value is -2.56. The molecule has 3 rings (SSSR count). The molecule has 0 saturated carbocycles. The predicted molar refractivity (Wildman–Crippen MR) is 85.6 cm³/mol. The molecule has 23 heavy (non-hydrogen) atoms. The summed E-state index contributed by atoms with van der Waals surface area (Å²) >= 11 is 0. The Morgan fingerprint density at radius 1 is 1.17 bits per heavy atom. The Labute approximate surface area is 134 Å². The van der Waals surface area contributed by atoms with Crippen molar-refractivity contribution in [1.29, 1.82) is 0 Å². The highest BCUT2D eigenvalue weighted by atomic mass is 19.1. The third-order valence-electron chi connectivity index (χ3n) is 3.88. The zero-order valence-electron chi connectivity index (χ0n) is 12.9. The highest BCUT2D eigenvalue weighted by molar-refractivity contribution is 5.95. The number of fused-ring (bicyclic) bond motifs is 1. The van der Waals surface area contributed by atoms with Gasteiger partial charge in [-0.3, -0.25) is 4.79 Å². The average molecular weight is 315 g/mol. The zero-order chi connectivity index (χ0) is 16.2. The van der Waals surface area contributed by atoms with Crippen molar-refractivity contribution in [2.24, 2.45) is 0 Å². The first-order valence-electron chi connectivity index (χ1n) is 7.53. The minimum absolute atomic E-state index is 0.0723. The van der Waals surface area contributed by atoms with Gasteiger partial charge in [-0.25, -0.2) is 4.39 Å². The molecule has 120 valence electrons. The summed E-state index contributed by atoms with van der Waals surface area (Å²) < 4.78 is 23.5. The average Bonchev–Trinajstić information content (AvgIpc) is 2.60. The molecule has 0 fully saturated rings. The molecule has 5 heteroatoms. The van der Waals surface area contributed by atoms with Gasteiger partial charge < -0.3 is 14.4 Å². The van der Waals surface area contributed by atoms with Crippen molar-refractivity contribution in [1.82, 2.24) is 0 Å². The predicted octanol–water partition coefficient (Wildman–Crippen LogP) is 3.19. The molecular formula is C18H18FNO3. The van der Waals surface area contributed by atoms with Crippen LogP contribution in [-0.2, 0) is 11.2 Å². The molecular weight excluding hydrogens is 297 g/mol. The van der Waals surface area contributed by atoms with Crippen molar-refractivity contribution in [2.75, 3.05) is 25.2 Å². The van der Waals surface area contributed by atoms with E-state index in [1.165, 1.54) is 24.3 Å². The van der Waals surface area contributed by atoms with Crippen molar-refractivity contribution in [3.05, 3.63) is 53.8 Å². The summed E-state index contributed by atoms with van der Waals surface area (Å²) in [6, 6.07) is 11.4. The highest BCUT2D eigenvalue weighted by Gasteiger charge is 2.23. The number of methoxy groups -OCH3 is 1. The van der Waals surface area contributed by atoms with Crippen LogP contribution < -0.4 is 14.4 Å². The Balaban J connectivity index is 1.70. The van der Waals surface area contributed by atoms with Crippen molar-refractivity contribution in [2.45, 2.75) is 12.8 Å². The number of hydrogen-bond acceptors (Lipinski definition) is 3. The molecule has 1 aliphatic heterocycles. The summed E-state index contributed by atoms with van der Waals surface area (Å²) in [5.74, 6) is 0.829. The first kappa shape index (κ1) is 15.3. The van der Waals surface area contributed by atoms with E-state index < -0.39 is 0 Å². The lowest BCUT2D eigenvalue weighted by molar-refractivity contribution is -0.120. The largest absolute Gasteiger partial charge is 0.497 e. The van der Waals surface area contributed by atoms with Crippen LogP contribution in [0.25, 0.3) is 0 Å². The quantitative estimate of drug-likeness (QED) is 0.870. The monoisotopic (exact) mass is 315 g/mol. The third kappa shape index (κ3) is 3.44. The van der Waals surface area contributed by atoms with Crippen LogP contribution in [0.2, 0.25) is 0 Å². The van der Waals surface area contributed by atoms with E-state index in [4.69, 9.17) is 9.47 Å². The minimum Gasteiger partial charge on any atom is -0.497 e. The smallest absolute Gasteiger partial charge is 0.264 e. The van der Waals surface area contributed by atoms with Gasteiger partial charge in [-0.2, -0.15) is 0 Å². The molecule has 0 N–H and O–H groups in total. The van der Waals surface area contributed by atoms with Gasteiger partial charge in [0.25, 0.3) is 5.91 Å². The molecule has 1 heterocycles. The van der Waals surface area contributed by atoms with Crippen molar-refractivity contribution < 1.29 is 18.7 Å². The molecule has 2 aromatic carbocycles. The summed E-state index contributed by atoms with van der Waals surface area (Å²) in [5.41, 5.74) is 2.01. The van der Waals surface area contributed by atoms with Gasteiger partial charge in [-0.15, -0.1) is 0 Å². The maximum atomic E-state index is 12.9. The minimum atomic E-state index is -0.331. The fourth-order valence-electron chi connectivity index (χ4n) is 2.71. The molecule has 0 saturated heterocycles. The van der Waals surface area contributed by atoms with Crippen LogP contribution >= 0.6 is 0 Å². The second kappa shape index (κ2) is 6.69. The SMILES string of the molecule is COc1ccc2c(c1)CCCN2C(=O)COc1ccc(F)cc1. The van der Waals surface area contributed by atoms with E-state index in [9.17, 15) is 9.18 Å². The van der Waals surface area contributed by atoms with Gasteiger partial charge in [0.05, 0.1) is 7.11 Å². The number of nitrogens with zero attached hydrogens (tertiary/aromatic N) is 1. The molecule has 2 aromatic rings. The highest BCUT2D eigenvalue weighted by Crippen LogP contribution is 2.30. The number of anilines is 1. The topological polar surface area (TPSA) is 38.8 Å². The molecule has 0 radical (unpaired) electrons. The molecule has 0 spiro atoms. The zero-order valence-corrected chi connectivity index (χ0v) is 12.9. The van der Waals surface area contributed by atoms with Crippen molar-refractivity contribution in [3.63, 3.8) is 0 Å². The van der Waals surface area contributed by atoms with Crippen LogP contribution in [-0.4, -0.2) is 26.2 Å². The number of halogens is 1. The second-order valence-corrected chi connectivity index (χ2v) is 5.39. The number of ether oxygens (including phenoxy) is 2. The molecule has 4 nitrogen and oxygen atoms in total. The first-order valence-corrected chi connectivity index (χ1v) is 7.53. The van der Waals surface area contributed by atoms with Gasteiger partial charge in [0.2, 0.25) is 0 Å². The van der Waals surface area contributed by atoms with E-state index in [0.29, 0.717) is 12.3 Å². The Morgan fingerprint density at radius 2 is 1.91 bits per heavy atom. The van der Waals surface area contributed by atoms with Gasteiger partial charge in [0.1, 0.15) is 17.3 Å². The third-order valence-corrected chi connectivity index (χ3v) is 3.88. The molecule has 0 unspecified atom stereocenters. The normalized spacial score (nSPS) is 13.4. The van der Waals surface area contributed by atoms with Crippen LogP contribution in [0.5, 0.6) is 11.5 Å². The number of rotatable bonds is 4. The molecule has 0 bridgehead atoms. The molecule has 1 aliphatic rings. The lowest BCUT2D eigenvalue weighted by Gasteiger charge is -2.29. The number of amides is 1. The van der Waals surface area contributed by atoms with Gasteiger partial charge >= 0.3 is 0 Å². The van der Waals surface area contributed by atoms with Gasteiger partial charge in [0.15, 0.2) is 6.61 Å². The number of benzene rings is 2. The Bertz CT molecular complexity index is 700. The van der Waals surface area contributed by atoms with Crippen LogP contribution in [0.3, 0.4) is 0 Å². The van der Waals surface area contributed by atoms with E-state index >= 15 is 0 Å². The van der Waals surface area contributed by atoms with Crippen molar-refractivity contribution in [3.8, 4) is 11.5 Å². The number of carbonyl (C=O) groups excluding carboxylic acids is 1. The molecule has 0 aliphatic carbocycles. The second-order valence-electron chi connectivity index (χ2n) is 5.39. The van der Waals surface area contributed by atoms with Crippen LogP contribution in [0, 0.1) is 5.82 Å². The summed E-state index contributed by atoms with van der Waals surface area (Å²) in [6.45, 7) is 0.599. The number of aryl methyl sites for hydroxylation is 1. The van der Waals surface area contributed by atoms with E-state index in [-0.39, 0.29) is 18.3 Å². The molecule has 0 aromatic heterocycles. The van der Waals surface area contributed by atoms with E-state index in [2.05, 4.69) is 0 Å². The van der Waals surface area contributed by atoms with Crippen LogP contribution in [0.1, 0.15) is 12.0 Å². The summed E-state index contributed by atoms with van der Waals surface area (Å²) in [7, 11) is 1.63. The maximum absolute atomic E-state index is 12.9. The summed E-state index contributed by atoms with van der Waals surface area (Å²) in [4.78, 5) is 14.2. The lowest BCUT2D eigenvalue weighted by atomic mass is 10.0. The van der Waals surface area contributed by atoms with Crippen LogP contribution in [0.4, 0.5) is 10.1 Å². The summed E-state index contributed by atoms with van der Waals surface area (Å²) in [6.07, 6.45) is 1.83. The van der Waals surface area contributed by atoms with E-state index in [0.717, 1.165) is 29.8 Å². The number of carbonyl (C=O) groups is 1. The molecule has 1 amide bonds. The fourth-order valence-corrected chi connectivity index (χ4v) is 2.71. The van der Waals surface area contributed by atoms with Crippen molar-refractivity contribution >= 4 is 11.6 Å². The Kier molecular flexibility index (Phi) is 4.46. The Morgan fingerprint density at radius 3 is 2.65 bits per heavy atom. The van der Waals surface area contributed by atoms with Gasteiger partial charge in [-0.1, -0.05) is 0 Å². The lowest BCUT2D eigenvalue weighted by Crippen LogP contribution is -2.38. The summed E-state index contributed by atoms with van der Waals surface area (Å²) in [5, 5.41) is 0. The first-order chi connectivity index (χ1) is 11.2. The number of hydrogen-bond donors (Lipinski definition) is 0. The maximum Gasteiger partial charge on any atom is 0.264 e.